The van der Waals surface area contributed by atoms with Gasteiger partial charge in [-0.2, -0.15) is 0 Å². The molecule has 0 fully saturated rings. The zero-order chi connectivity index (χ0) is 16.2. The van der Waals surface area contributed by atoms with Crippen LogP contribution in [0.5, 0.6) is 0 Å². The molecule has 1 amide bonds. The number of aryl methyl sites for hydroxylation is 1. The number of carbonyl (C=O) groups is 1. The van der Waals surface area contributed by atoms with E-state index in [0.717, 1.165) is 18.4 Å². The van der Waals surface area contributed by atoms with E-state index in [9.17, 15) is 13.2 Å². The molecule has 0 spiro atoms. The van der Waals surface area contributed by atoms with Gasteiger partial charge in [-0.3, -0.25) is 4.79 Å². The first-order chi connectivity index (χ1) is 9.66. The highest BCUT2D eigenvalue weighted by molar-refractivity contribution is 7.89. The van der Waals surface area contributed by atoms with Gasteiger partial charge in [-0.25, -0.2) is 13.6 Å². The van der Waals surface area contributed by atoms with Crippen LogP contribution in [0.15, 0.2) is 17.0 Å². The van der Waals surface area contributed by atoms with Crippen molar-refractivity contribution in [1.82, 2.24) is 0 Å². The SMILES string of the molecule is CCCCC(=O)Nc1c(C)cc(S(N)(=O)=O)cc1C(C)C. The van der Waals surface area contributed by atoms with Crippen molar-refractivity contribution >= 4 is 21.6 Å². The van der Waals surface area contributed by atoms with E-state index in [2.05, 4.69) is 5.32 Å². The number of sulfonamides is 1. The molecule has 1 rings (SSSR count). The van der Waals surface area contributed by atoms with Gasteiger partial charge in [-0.15, -0.1) is 0 Å². The number of primary sulfonamides is 1. The molecule has 5 nitrogen and oxygen atoms in total. The van der Waals surface area contributed by atoms with Crippen molar-refractivity contribution in [3.05, 3.63) is 23.3 Å². The van der Waals surface area contributed by atoms with E-state index in [0.29, 0.717) is 17.7 Å². The Kier molecular flexibility index (Phi) is 5.92. The summed E-state index contributed by atoms with van der Waals surface area (Å²) in [7, 11) is -3.75. The summed E-state index contributed by atoms with van der Waals surface area (Å²) in [5, 5.41) is 8.10. The number of hydrogen-bond donors (Lipinski definition) is 2. The summed E-state index contributed by atoms with van der Waals surface area (Å²) < 4.78 is 23.1. The summed E-state index contributed by atoms with van der Waals surface area (Å²) in [5.41, 5.74) is 2.18. The summed E-state index contributed by atoms with van der Waals surface area (Å²) in [6, 6.07) is 3.04. The first kappa shape index (κ1) is 17.7. The molecule has 1 aromatic carbocycles. The number of benzene rings is 1. The number of anilines is 1. The minimum Gasteiger partial charge on any atom is -0.326 e. The van der Waals surface area contributed by atoms with Gasteiger partial charge in [0.1, 0.15) is 0 Å². The normalized spacial score (nSPS) is 11.7. The average Bonchev–Trinajstić information content (AvgIpc) is 2.36. The van der Waals surface area contributed by atoms with Crippen molar-refractivity contribution in [2.24, 2.45) is 5.14 Å². The number of nitrogens with two attached hydrogens (primary N) is 1. The van der Waals surface area contributed by atoms with Gasteiger partial charge in [0.05, 0.1) is 4.90 Å². The number of rotatable bonds is 6. The van der Waals surface area contributed by atoms with Crippen molar-refractivity contribution in [2.45, 2.75) is 57.8 Å². The van der Waals surface area contributed by atoms with Crippen LogP contribution < -0.4 is 10.5 Å². The highest BCUT2D eigenvalue weighted by Gasteiger charge is 2.17. The lowest BCUT2D eigenvalue weighted by atomic mass is 9.98. The molecular weight excluding hydrogens is 288 g/mol. The molecule has 0 saturated heterocycles. The van der Waals surface area contributed by atoms with Crippen molar-refractivity contribution in [2.75, 3.05) is 5.32 Å². The lowest BCUT2D eigenvalue weighted by Crippen LogP contribution is -2.17. The number of amides is 1. The lowest BCUT2D eigenvalue weighted by molar-refractivity contribution is -0.116. The average molecular weight is 312 g/mol. The molecule has 0 radical (unpaired) electrons. The molecular formula is C15H24N2O3S. The fourth-order valence-electron chi connectivity index (χ4n) is 2.11. The van der Waals surface area contributed by atoms with Crippen molar-refractivity contribution in [3.8, 4) is 0 Å². The Balaban J connectivity index is 3.23. The van der Waals surface area contributed by atoms with E-state index < -0.39 is 10.0 Å². The van der Waals surface area contributed by atoms with Crippen LogP contribution in [0.2, 0.25) is 0 Å². The molecule has 0 heterocycles. The van der Waals surface area contributed by atoms with E-state index in [-0.39, 0.29) is 16.7 Å². The topological polar surface area (TPSA) is 89.3 Å². The molecule has 6 heteroatoms. The van der Waals surface area contributed by atoms with E-state index >= 15 is 0 Å². The van der Waals surface area contributed by atoms with Crippen LogP contribution in [0.4, 0.5) is 5.69 Å². The van der Waals surface area contributed by atoms with Gasteiger partial charge < -0.3 is 5.32 Å². The third-order valence-corrected chi connectivity index (χ3v) is 4.20. The summed E-state index contributed by atoms with van der Waals surface area (Å²) in [6.07, 6.45) is 2.25. The minimum atomic E-state index is -3.75. The van der Waals surface area contributed by atoms with Gasteiger partial charge >= 0.3 is 0 Å². The maximum atomic E-state index is 11.9. The molecule has 0 aliphatic carbocycles. The number of nitrogens with one attached hydrogen (secondary N) is 1. The number of carbonyl (C=O) groups excluding carboxylic acids is 1. The Morgan fingerprint density at radius 2 is 1.95 bits per heavy atom. The second-order valence-electron chi connectivity index (χ2n) is 5.56. The van der Waals surface area contributed by atoms with Gasteiger partial charge in [-0.05, 0) is 42.5 Å². The van der Waals surface area contributed by atoms with Crippen LogP contribution in [0.25, 0.3) is 0 Å². The van der Waals surface area contributed by atoms with E-state index in [1.807, 2.05) is 20.8 Å². The third kappa shape index (κ3) is 4.82. The predicted octanol–water partition coefficient (Wildman–Crippen LogP) is 2.89. The second-order valence-corrected chi connectivity index (χ2v) is 7.12. The molecule has 0 atom stereocenters. The molecule has 21 heavy (non-hydrogen) atoms. The summed E-state index contributed by atoms with van der Waals surface area (Å²) in [5.74, 6) is 0.0251. The van der Waals surface area contributed by atoms with Crippen LogP contribution in [0, 0.1) is 6.92 Å². The zero-order valence-electron chi connectivity index (χ0n) is 13.1. The van der Waals surface area contributed by atoms with Gasteiger partial charge in [-0.1, -0.05) is 27.2 Å². The minimum absolute atomic E-state index is 0.0507. The van der Waals surface area contributed by atoms with Gasteiger partial charge in [0, 0.05) is 12.1 Å². The van der Waals surface area contributed by atoms with Crippen LogP contribution in [0.3, 0.4) is 0 Å². The zero-order valence-corrected chi connectivity index (χ0v) is 13.9. The summed E-state index contributed by atoms with van der Waals surface area (Å²) in [4.78, 5) is 12.0. The van der Waals surface area contributed by atoms with Crippen molar-refractivity contribution < 1.29 is 13.2 Å². The molecule has 0 bridgehead atoms. The van der Waals surface area contributed by atoms with E-state index in [1.165, 1.54) is 6.07 Å². The fourth-order valence-corrected chi connectivity index (χ4v) is 2.74. The molecule has 3 N–H and O–H groups in total. The van der Waals surface area contributed by atoms with E-state index in [1.54, 1.807) is 13.0 Å². The fraction of sp³-hybridized carbons (Fsp3) is 0.533. The maximum absolute atomic E-state index is 11.9. The summed E-state index contributed by atoms with van der Waals surface area (Å²) in [6.45, 7) is 7.70. The second kappa shape index (κ2) is 7.04. The lowest BCUT2D eigenvalue weighted by Gasteiger charge is -2.18. The Bertz CT molecular complexity index is 622. The number of hydrogen-bond acceptors (Lipinski definition) is 3. The Labute approximate surface area is 127 Å². The first-order valence-corrected chi connectivity index (χ1v) is 8.68. The summed E-state index contributed by atoms with van der Waals surface area (Å²) >= 11 is 0. The predicted molar refractivity (Wildman–Crippen MR) is 84.8 cm³/mol. The van der Waals surface area contributed by atoms with Crippen LogP contribution in [-0.4, -0.2) is 14.3 Å². The molecule has 0 aliphatic heterocycles. The highest BCUT2D eigenvalue weighted by atomic mass is 32.2. The standard InChI is InChI=1S/C15H24N2O3S/c1-5-6-7-14(18)17-15-11(4)8-12(21(16,19)20)9-13(15)10(2)3/h8-10H,5-7H2,1-4H3,(H,17,18)(H2,16,19,20). The Morgan fingerprint density at radius 1 is 1.33 bits per heavy atom. The van der Waals surface area contributed by atoms with Crippen LogP contribution in [0.1, 0.15) is 57.1 Å². The van der Waals surface area contributed by atoms with Crippen LogP contribution >= 0.6 is 0 Å². The molecule has 0 aliphatic rings. The highest BCUT2D eigenvalue weighted by Crippen LogP contribution is 2.30. The van der Waals surface area contributed by atoms with Gasteiger partial charge in [0.2, 0.25) is 15.9 Å². The van der Waals surface area contributed by atoms with Crippen molar-refractivity contribution in [1.29, 1.82) is 0 Å². The first-order valence-electron chi connectivity index (χ1n) is 7.14. The van der Waals surface area contributed by atoms with Gasteiger partial charge in [0.25, 0.3) is 0 Å². The Hall–Kier alpha value is -1.40. The molecule has 0 aromatic heterocycles. The quantitative estimate of drug-likeness (QED) is 0.846. The van der Waals surface area contributed by atoms with E-state index in [4.69, 9.17) is 5.14 Å². The van der Waals surface area contributed by atoms with Crippen LogP contribution in [-0.2, 0) is 14.8 Å². The smallest absolute Gasteiger partial charge is 0.238 e. The molecule has 0 unspecified atom stereocenters. The number of unbranched alkanes of at least 4 members (excludes halogenated alkanes) is 1. The van der Waals surface area contributed by atoms with Gasteiger partial charge in [0.15, 0.2) is 0 Å². The maximum Gasteiger partial charge on any atom is 0.238 e. The van der Waals surface area contributed by atoms with Crippen molar-refractivity contribution in [3.63, 3.8) is 0 Å². The largest absolute Gasteiger partial charge is 0.326 e. The molecule has 118 valence electrons. The third-order valence-electron chi connectivity index (χ3n) is 3.31. The monoisotopic (exact) mass is 312 g/mol. The molecule has 1 aromatic rings. The Morgan fingerprint density at radius 3 is 2.43 bits per heavy atom. The molecule has 0 saturated carbocycles.